The Bertz CT molecular complexity index is 1120. The van der Waals surface area contributed by atoms with Gasteiger partial charge in [0.15, 0.2) is 11.5 Å². The van der Waals surface area contributed by atoms with Crippen LogP contribution in [-0.4, -0.2) is 27.4 Å². The number of rotatable bonds is 7. The van der Waals surface area contributed by atoms with E-state index in [1.54, 1.807) is 14.2 Å². The zero-order valence-electron chi connectivity index (χ0n) is 18.7. The number of methoxy groups -OCH3 is 2. The van der Waals surface area contributed by atoms with Gasteiger partial charge in [0.05, 0.1) is 32.6 Å². The quantitative estimate of drug-likeness (QED) is 0.488. The van der Waals surface area contributed by atoms with Gasteiger partial charge in [0.1, 0.15) is 5.75 Å². The molecule has 6 heteroatoms. The van der Waals surface area contributed by atoms with Gasteiger partial charge in [0, 0.05) is 18.0 Å². The van der Waals surface area contributed by atoms with Crippen LogP contribution in [0.5, 0.6) is 17.2 Å². The van der Waals surface area contributed by atoms with Crippen molar-refractivity contribution in [3.8, 4) is 17.2 Å². The first-order valence-corrected chi connectivity index (χ1v) is 11.1. The van der Waals surface area contributed by atoms with Crippen LogP contribution in [-0.2, 0) is 12.8 Å². The Labute approximate surface area is 194 Å². The Morgan fingerprint density at radius 1 is 0.969 bits per heavy atom. The van der Waals surface area contributed by atoms with Crippen molar-refractivity contribution in [1.82, 2.24) is 5.32 Å². The first kappa shape index (κ1) is 22.3. The van der Waals surface area contributed by atoms with Crippen LogP contribution in [0.2, 0.25) is 5.02 Å². The van der Waals surface area contributed by atoms with Crippen molar-refractivity contribution in [1.29, 1.82) is 0 Å². The van der Waals surface area contributed by atoms with Crippen molar-refractivity contribution < 1.29 is 14.2 Å². The van der Waals surface area contributed by atoms with Gasteiger partial charge in [0.25, 0.3) is 0 Å². The summed E-state index contributed by atoms with van der Waals surface area (Å²) in [6.45, 7) is 3.52. The highest BCUT2D eigenvalue weighted by molar-refractivity contribution is 6.30. The molecule has 0 radical (unpaired) electrons. The van der Waals surface area contributed by atoms with Crippen molar-refractivity contribution >= 4 is 17.3 Å². The fourth-order valence-corrected chi connectivity index (χ4v) is 4.49. The van der Waals surface area contributed by atoms with E-state index in [0.29, 0.717) is 18.0 Å². The monoisotopic (exact) mass is 452 g/mol. The molecule has 0 fully saturated rings. The van der Waals surface area contributed by atoms with Gasteiger partial charge in [-0.2, -0.15) is 0 Å². The second-order valence-electron chi connectivity index (χ2n) is 8.01. The number of hydrogen-bond donors (Lipinski definition) is 2. The van der Waals surface area contributed by atoms with Crippen molar-refractivity contribution in [2.75, 3.05) is 33.1 Å². The molecule has 0 saturated heterocycles. The number of halogens is 1. The van der Waals surface area contributed by atoms with Crippen molar-refractivity contribution in [3.05, 3.63) is 81.4 Å². The number of anilines is 1. The number of fused-ring (bicyclic) bond motifs is 1. The van der Waals surface area contributed by atoms with Crippen LogP contribution >= 0.6 is 11.6 Å². The van der Waals surface area contributed by atoms with E-state index in [9.17, 15) is 0 Å². The van der Waals surface area contributed by atoms with Gasteiger partial charge in [0.2, 0.25) is 0 Å². The third kappa shape index (κ3) is 4.64. The predicted octanol–water partition coefficient (Wildman–Crippen LogP) is 5.10. The van der Waals surface area contributed by atoms with E-state index in [0.717, 1.165) is 41.5 Å². The highest BCUT2D eigenvalue weighted by Gasteiger charge is 2.25. The van der Waals surface area contributed by atoms with Crippen LogP contribution in [0.3, 0.4) is 0 Å². The number of benzene rings is 3. The molecule has 1 heterocycles. The van der Waals surface area contributed by atoms with Gasteiger partial charge in [-0.05, 0) is 77.6 Å². The molecule has 0 aromatic heterocycles. The maximum atomic E-state index is 6.19. The number of nitrogens with two attached hydrogens (primary N) is 1. The molecule has 0 saturated carbocycles. The Morgan fingerprint density at radius 2 is 1.78 bits per heavy atom. The van der Waals surface area contributed by atoms with E-state index in [1.807, 2.05) is 30.3 Å². The van der Waals surface area contributed by atoms with Crippen LogP contribution in [0.1, 0.15) is 33.9 Å². The molecular formula is C26H29ClN2O3. The largest absolute Gasteiger partial charge is 0.495 e. The molecule has 3 N–H and O–H groups in total. The van der Waals surface area contributed by atoms with E-state index in [1.165, 1.54) is 22.3 Å². The van der Waals surface area contributed by atoms with Gasteiger partial charge >= 0.3 is 0 Å². The number of aryl methyl sites for hydroxylation is 1. The van der Waals surface area contributed by atoms with Crippen LogP contribution in [0, 0.1) is 6.92 Å². The highest BCUT2D eigenvalue weighted by Crippen LogP contribution is 2.38. The third-order valence-corrected chi connectivity index (χ3v) is 6.20. The molecule has 1 aliphatic heterocycles. The molecule has 0 aliphatic carbocycles. The zero-order valence-corrected chi connectivity index (χ0v) is 19.5. The van der Waals surface area contributed by atoms with E-state index < -0.39 is 0 Å². The lowest BCUT2D eigenvalue weighted by Gasteiger charge is -2.29. The van der Waals surface area contributed by atoms with Gasteiger partial charge in [-0.1, -0.05) is 23.7 Å². The van der Waals surface area contributed by atoms with E-state index >= 15 is 0 Å². The van der Waals surface area contributed by atoms with Crippen molar-refractivity contribution in [3.63, 3.8) is 0 Å². The molecule has 0 amide bonds. The second-order valence-corrected chi connectivity index (χ2v) is 8.45. The lowest BCUT2D eigenvalue weighted by Crippen LogP contribution is -2.31. The predicted molar refractivity (Wildman–Crippen MR) is 129 cm³/mol. The molecule has 0 spiro atoms. The van der Waals surface area contributed by atoms with Crippen LogP contribution in [0.15, 0.2) is 48.5 Å². The van der Waals surface area contributed by atoms with E-state index in [4.69, 9.17) is 31.5 Å². The van der Waals surface area contributed by atoms with Crippen LogP contribution in [0.4, 0.5) is 5.69 Å². The summed E-state index contributed by atoms with van der Waals surface area (Å²) in [4.78, 5) is 0. The van der Waals surface area contributed by atoms with Crippen LogP contribution < -0.4 is 25.3 Å². The standard InChI is InChI=1S/C26H29ClN2O3/c1-16-12-19(27)5-6-20(16)26-21-15-25(24(31-3)14-18(21)8-10-29-26)32-11-9-17-4-7-22(28)23(13-17)30-2/h4-7,12-15,26,29H,8-11,28H2,1-3H3. The molecule has 1 atom stereocenters. The molecule has 3 aromatic carbocycles. The molecule has 3 aromatic rings. The SMILES string of the molecule is COc1cc(CCOc2cc3c(cc2OC)CCNC3c2ccc(Cl)cc2C)ccc1N. The fourth-order valence-electron chi connectivity index (χ4n) is 4.27. The van der Waals surface area contributed by atoms with E-state index in [2.05, 4.69) is 30.4 Å². The summed E-state index contributed by atoms with van der Waals surface area (Å²) in [5.74, 6) is 2.18. The molecule has 4 rings (SSSR count). The second kappa shape index (κ2) is 9.72. The zero-order chi connectivity index (χ0) is 22.7. The number of hydrogen-bond acceptors (Lipinski definition) is 5. The first-order chi connectivity index (χ1) is 15.5. The first-order valence-electron chi connectivity index (χ1n) is 10.8. The molecule has 32 heavy (non-hydrogen) atoms. The number of nitrogens with one attached hydrogen (secondary N) is 1. The average Bonchev–Trinajstić information content (AvgIpc) is 2.79. The smallest absolute Gasteiger partial charge is 0.161 e. The molecule has 168 valence electrons. The summed E-state index contributed by atoms with van der Waals surface area (Å²) in [6.07, 6.45) is 1.68. The van der Waals surface area contributed by atoms with Crippen LogP contribution in [0.25, 0.3) is 0 Å². The molecule has 1 unspecified atom stereocenters. The lowest BCUT2D eigenvalue weighted by atomic mass is 9.87. The van der Waals surface area contributed by atoms with Gasteiger partial charge in [-0.3, -0.25) is 0 Å². The lowest BCUT2D eigenvalue weighted by molar-refractivity contribution is 0.296. The summed E-state index contributed by atoms with van der Waals surface area (Å²) in [5.41, 5.74) is 12.5. The average molecular weight is 453 g/mol. The minimum Gasteiger partial charge on any atom is -0.495 e. The number of ether oxygens (including phenoxy) is 3. The Kier molecular flexibility index (Phi) is 6.77. The topological polar surface area (TPSA) is 65.7 Å². The summed E-state index contributed by atoms with van der Waals surface area (Å²) < 4.78 is 17.2. The Balaban J connectivity index is 1.58. The summed E-state index contributed by atoms with van der Waals surface area (Å²) >= 11 is 6.18. The fraction of sp³-hybridized carbons (Fsp3) is 0.308. The minimum absolute atomic E-state index is 0.0885. The molecule has 0 bridgehead atoms. The minimum atomic E-state index is 0.0885. The highest BCUT2D eigenvalue weighted by atomic mass is 35.5. The van der Waals surface area contributed by atoms with E-state index in [-0.39, 0.29) is 6.04 Å². The summed E-state index contributed by atoms with van der Waals surface area (Å²) in [5, 5.41) is 4.40. The van der Waals surface area contributed by atoms with Crippen molar-refractivity contribution in [2.24, 2.45) is 0 Å². The molecule has 5 nitrogen and oxygen atoms in total. The van der Waals surface area contributed by atoms with Gasteiger partial charge in [-0.25, -0.2) is 0 Å². The molecule has 1 aliphatic rings. The number of nitrogen functional groups attached to an aromatic ring is 1. The normalized spacial score (nSPS) is 15.2. The Morgan fingerprint density at radius 3 is 2.53 bits per heavy atom. The maximum absolute atomic E-state index is 6.19. The van der Waals surface area contributed by atoms with Gasteiger partial charge < -0.3 is 25.3 Å². The maximum Gasteiger partial charge on any atom is 0.161 e. The summed E-state index contributed by atoms with van der Waals surface area (Å²) in [6, 6.07) is 16.2. The molecular weight excluding hydrogens is 424 g/mol. The van der Waals surface area contributed by atoms with Crippen molar-refractivity contribution in [2.45, 2.75) is 25.8 Å². The summed E-state index contributed by atoms with van der Waals surface area (Å²) in [7, 11) is 3.30. The van der Waals surface area contributed by atoms with Gasteiger partial charge in [-0.15, -0.1) is 0 Å². The third-order valence-electron chi connectivity index (χ3n) is 5.97. The Hall–Kier alpha value is -2.89.